The average molecular weight is 584 g/mol. The van der Waals surface area contributed by atoms with Crippen molar-refractivity contribution in [2.24, 2.45) is 0 Å². The number of rotatable bonds is 11. The van der Waals surface area contributed by atoms with Crippen molar-refractivity contribution in [3.8, 4) is 0 Å². The highest BCUT2D eigenvalue weighted by atomic mass is 32.2. The van der Waals surface area contributed by atoms with Gasteiger partial charge >= 0.3 is 0 Å². The molecule has 1 aliphatic rings. The summed E-state index contributed by atoms with van der Waals surface area (Å²) in [5.41, 5.74) is 0.688. The van der Waals surface area contributed by atoms with E-state index in [1.165, 1.54) is 53.4 Å². The fourth-order valence-electron chi connectivity index (χ4n) is 5.11. The van der Waals surface area contributed by atoms with Crippen molar-refractivity contribution in [1.29, 1.82) is 0 Å². The highest BCUT2D eigenvalue weighted by Gasteiger charge is 2.34. The molecule has 1 aliphatic carbocycles. The Morgan fingerprint density at radius 1 is 0.878 bits per heavy atom. The molecular weight excluding hydrogens is 548 g/mol. The molecule has 0 aliphatic heterocycles. The van der Waals surface area contributed by atoms with Crippen LogP contribution in [-0.2, 0) is 26.2 Å². The Balaban J connectivity index is 1.68. The maximum absolute atomic E-state index is 14.0. The summed E-state index contributed by atoms with van der Waals surface area (Å²) >= 11 is 0. The monoisotopic (exact) mass is 583 g/mol. The number of amides is 2. The standard InChI is InChI=1S/C31H35F2N3O4S/c1-2-29(31(38)34-26-9-5-3-6-10-26)35(21-23-13-15-24(32)16-14-23)30(37)22-36(27-19-17-25(33)18-20-27)41(39,40)28-11-7-4-8-12-28/h4,7-8,11-20,26,29H,2-3,5-6,9-10,21-22H2,1H3,(H,34,38). The Bertz CT molecular complexity index is 1410. The van der Waals surface area contributed by atoms with E-state index < -0.39 is 40.2 Å². The van der Waals surface area contributed by atoms with Gasteiger partial charge in [0.2, 0.25) is 11.8 Å². The third kappa shape index (κ3) is 7.70. The Kier molecular flexibility index (Phi) is 10.1. The van der Waals surface area contributed by atoms with Crippen LogP contribution in [0.2, 0.25) is 0 Å². The molecule has 4 rings (SSSR count). The van der Waals surface area contributed by atoms with Crippen LogP contribution in [0.15, 0.2) is 83.8 Å². The van der Waals surface area contributed by atoms with Gasteiger partial charge in [0.05, 0.1) is 10.6 Å². The Morgan fingerprint density at radius 3 is 2.05 bits per heavy atom. The normalized spacial score (nSPS) is 14.7. The van der Waals surface area contributed by atoms with E-state index >= 15 is 0 Å². The second-order valence-corrected chi connectivity index (χ2v) is 12.1. The van der Waals surface area contributed by atoms with Gasteiger partial charge in [-0.1, -0.05) is 56.5 Å². The van der Waals surface area contributed by atoms with Gasteiger partial charge in [0.25, 0.3) is 10.0 Å². The summed E-state index contributed by atoms with van der Waals surface area (Å²) < 4.78 is 55.8. The number of halogens is 2. The average Bonchev–Trinajstić information content (AvgIpc) is 2.98. The predicted molar refractivity (Wildman–Crippen MR) is 153 cm³/mol. The first-order valence-electron chi connectivity index (χ1n) is 13.9. The van der Waals surface area contributed by atoms with Gasteiger partial charge in [-0.25, -0.2) is 17.2 Å². The second kappa shape index (κ2) is 13.7. The van der Waals surface area contributed by atoms with Crippen molar-refractivity contribution in [2.45, 2.75) is 69.0 Å². The van der Waals surface area contributed by atoms with Crippen LogP contribution in [0.1, 0.15) is 51.0 Å². The number of sulfonamides is 1. The topological polar surface area (TPSA) is 86.8 Å². The lowest BCUT2D eigenvalue weighted by Crippen LogP contribution is -2.54. The predicted octanol–water partition coefficient (Wildman–Crippen LogP) is 5.42. The Labute approximate surface area is 240 Å². The minimum Gasteiger partial charge on any atom is -0.352 e. The van der Waals surface area contributed by atoms with Crippen molar-refractivity contribution in [3.05, 3.63) is 96.1 Å². The molecule has 0 saturated heterocycles. The highest BCUT2D eigenvalue weighted by Crippen LogP contribution is 2.25. The van der Waals surface area contributed by atoms with E-state index in [0.717, 1.165) is 48.5 Å². The van der Waals surface area contributed by atoms with E-state index in [-0.39, 0.29) is 35.5 Å². The molecule has 1 unspecified atom stereocenters. The summed E-state index contributed by atoms with van der Waals surface area (Å²) in [6.07, 6.45) is 5.17. The number of carbonyl (C=O) groups excluding carboxylic acids is 2. The Morgan fingerprint density at radius 2 is 1.46 bits per heavy atom. The lowest BCUT2D eigenvalue weighted by atomic mass is 9.95. The van der Waals surface area contributed by atoms with Gasteiger partial charge in [0, 0.05) is 12.6 Å². The molecule has 0 radical (unpaired) electrons. The summed E-state index contributed by atoms with van der Waals surface area (Å²) in [6, 6.07) is 17.2. The van der Waals surface area contributed by atoms with Crippen molar-refractivity contribution >= 4 is 27.5 Å². The molecule has 218 valence electrons. The lowest BCUT2D eigenvalue weighted by molar-refractivity contribution is -0.140. The number of nitrogens with one attached hydrogen (secondary N) is 1. The first-order chi connectivity index (χ1) is 19.7. The van der Waals surface area contributed by atoms with Crippen molar-refractivity contribution < 1.29 is 26.8 Å². The van der Waals surface area contributed by atoms with Crippen LogP contribution >= 0.6 is 0 Å². The van der Waals surface area contributed by atoms with E-state index in [2.05, 4.69) is 5.32 Å². The first-order valence-corrected chi connectivity index (χ1v) is 15.3. The van der Waals surface area contributed by atoms with Gasteiger partial charge in [0.1, 0.15) is 24.2 Å². The molecule has 3 aromatic carbocycles. The molecule has 7 nitrogen and oxygen atoms in total. The van der Waals surface area contributed by atoms with Crippen LogP contribution < -0.4 is 9.62 Å². The molecule has 3 aromatic rings. The first kappa shape index (κ1) is 30.2. The van der Waals surface area contributed by atoms with E-state index in [4.69, 9.17) is 0 Å². The summed E-state index contributed by atoms with van der Waals surface area (Å²) in [4.78, 5) is 28.8. The van der Waals surface area contributed by atoms with E-state index in [1.807, 2.05) is 0 Å². The van der Waals surface area contributed by atoms with Gasteiger partial charge in [-0.2, -0.15) is 0 Å². The maximum Gasteiger partial charge on any atom is 0.264 e. The van der Waals surface area contributed by atoms with Crippen molar-refractivity contribution in [2.75, 3.05) is 10.8 Å². The van der Waals surface area contributed by atoms with E-state index in [1.54, 1.807) is 25.1 Å². The molecule has 0 bridgehead atoms. The largest absolute Gasteiger partial charge is 0.352 e. The Hall–Kier alpha value is -3.79. The van der Waals surface area contributed by atoms with Gasteiger partial charge in [-0.3, -0.25) is 13.9 Å². The molecular formula is C31H35F2N3O4S. The van der Waals surface area contributed by atoms with Crippen LogP contribution in [0.3, 0.4) is 0 Å². The maximum atomic E-state index is 14.0. The zero-order chi connectivity index (χ0) is 29.4. The third-order valence-electron chi connectivity index (χ3n) is 7.33. The van der Waals surface area contributed by atoms with Crippen LogP contribution in [-0.4, -0.2) is 43.8 Å². The third-order valence-corrected chi connectivity index (χ3v) is 9.12. The SMILES string of the molecule is CCC(C(=O)NC1CCCCC1)N(Cc1ccc(F)cc1)C(=O)CN(c1ccc(F)cc1)S(=O)(=O)c1ccccc1. The van der Waals surface area contributed by atoms with Crippen LogP contribution in [0, 0.1) is 11.6 Å². The number of benzene rings is 3. The summed E-state index contributed by atoms with van der Waals surface area (Å²) in [5, 5.41) is 3.08. The second-order valence-electron chi connectivity index (χ2n) is 10.2. The quantitative estimate of drug-likeness (QED) is 0.327. The summed E-state index contributed by atoms with van der Waals surface area (Å²) in [6.45, 7) is 1.13. The smallest absolute Gasteiger partial charge is 0.264 e. The van der Waals surface area contributed by atoms with Crippen LogP contribution in [0.25, 0.3) is 0 Å². The minimum atomic E-state index is -4.24. The molecule has 0 aromatic heterocycles. The fourth-order valence-corrected chi connectivity index (χ4v) is 6.54. The van der Waals surface area contributed by atoms with Gasteiger partial charge < -0.3 is 10.2 Å². The molecule has 1 fully saturated rings. The number of carbonyl (C=O) groups is 2. The van der Waals surface area contributed by atoms with Gasteiger partial charge in [-0.15, -0.1) is 0 Å². The molecule has 1 atom stereocenters. The zero-order valence-electron chi connectivity index (χ0n) is 23.0. The van der Waals surface area contributed by atoms with E-state index in [0.29, 0.717) is 5.56 Å². The fraction of sp³-hybridized carbons (Fsp3) is 0.355. The highest BCUT2D eigenvalue weighted by molar-refractivity contribution is 7.92. The molecule has 1 saturated carbocycles. The molecule has 1 N–H and O–H groups in total. The lowest BCUT2D eigenvalue weighted by Gasteiger charge is -2.34. The number of hydrogen-bond acceptors (Lipinski definition) is 4. The number of nitrogens with zero attached hydrogens (tertiary/aromatic N) is 2. The minimum absolute atomic E-state index is 0.0160. The van der Waals surface area contributed by atoms with Crippen LogP contribution in [0.4, 0.5) is 14.5 Å². The zero-order valence-corrected chi connectivity index (χ0v) is 23.8. The summed E-state index contributed by atoms with van der Waals surface area (Å²) in [5.74, 6) is -1.93. The number of hydrogen-bond donors (Lipinski definition) is 1. The van der Waals surface area contributed by atoms with E-state index in [9.17, 15) is 26.8 Å². The molecule has 0 heterocycles. The molecule has 0 spiro atoms. The molecule has 2 amide bonds. The van der Waals surface area contributed by atoms with Crippen molar-refractivity contribution in [3.63, 3.8) is 0 Å². The van der Waals surface area contributed by atoms with Gasteiger partial charge in [-0.05, 0) is 73.4 Å². The molecule has 10 heteroatoms. The number of anilines is 1. The summed E-state index contributed by atoms with van der Waals surface area (Å²) in [7, 11) is -4.24. The van der Waals surface area contributed by atoms with Crippen LogP contribution in [0.5, 0.6) is 0 Å². The van der Waals surface area contributed by atoms with Crippen molar-refractivity contribution in [1.82, 2.24) is 10.2 Å². The molecule has 41 heavy (non-hydrogen) atoms. The van der Waals surface area contributed by atoms with Gasteiger partial charge in [0.15, 0.2) is 0 Å².